The number of rotatable bonds is 0. The maximum absolute atomic E-state index is 4.13. The molecule has 4 rings (SSSR count). The second kappa shape index (κ2) is 3.00. The maximum Gasteiger partial charge on any atom is 0.145 e. The van der Waals surface area contributed by atoms with Crippen LogP contribution in [-0.2, 0) is 6.42 Å². The van der Waals surface area contributed by atoms with Gasteiger partial charge in [0, 0.05) is 0 Å². The summed E-state index contributed by atoms with van der Waals surface area (Å²) in [6.07, 6.45) is 4.09. The topological polar surface area (TPSA) is 61.4 Å². The van der Waals surface area contributed by atoms with Crippen molar-refractivity contribution in [3.8, 4) is 11.4 Å². The van der Waals surface area contributed by atoms with E-state index in [4.69, 9.17) is 0 Å². The van der Waals surface area contributed by atoms with Gasteiger partial charge < -0.3 is 0 Å². The van der Waals surface area contributed by atoms with Gasteiger partial charge in [0.2, 0.25) is 0 Å². The number of para-hydroxylation sites is 2. The molecule has 82 valence electrons. The first-order valence-corrected chi connectivity index (χ1v) is 5.31. The molecular formula is C11H8N6. The molecule has 6 nitrogen and oxygen atoms in total. The lowest BCUT2D eigenvalue weighted by molar-refractivity contribution is 0.857. The van der Waals surface area contributed by atoms with Crippen molar-refractivity contribution < 1.29 is 0 Å². The van der Waals surface area contributed by atoms with Gasteiger partial charge >= 0.3 is 0 Å². The Hall–Kier alpha value is -2.50. The van der Waals surface area contributed by atoms with Crippen molar-refractivity contribution in [2.24, 2.45) is 0 Å². The molecule has 0 radical (unpaired) electrons. The van der Waals surface area contributed by atoms with E-state index in [2.05, 4.69) is 20.4 Å². The summed E-state index contributed by atoms with van der Waals surface area (Å²) in [5.41, 5.74) is 2.09. The third-order valence-electron chi connectivity index (χ3n) is 2.95. The van der Waals surface area contributed by atoms with Gasteiger partial charge in [0.05, 0.1) is 17.8 Å². The molecule has 1 aromatic carbocycles. The monoisotopic (exact) mass is 224 g/mol. The molecule has 0 saturated carbocycles. The van der Waals surface area contributed by atoms with Crippen LogP contribution in [0, 0.1) is 0 Å². The van der Waals surface area contributed by atoms with E-state index in [0.29, 0.717) is 6.42 Å². The van der Waals surface area contributed by atoms with Gasteiger partial charge in [-0.3, -0.25) is 9.13 Å². The van der Waals surface area contributed by atoms with Crippen molar-refractivity contribution in [3.63, 3.8) is 0 Å². The number of nitrogens with zero attached hydrogens (tertiary/aromatic N) is 6. The highest BCUT2D eigenvalue weighted by atomic mass is 15.3. The Bertz CT molecular complexity index is 636. The van der Waals surface area contributed by atoms with Crippen LogP contribution in [0.5, 0.6) is 0 Å². The molecule has 0 fully saturated rings. The van der Waals surface area contributed by atoms with Crippen molar-refractivity contribution in [2.75, 3.05) is 0 Å². The standard InChI is InChI=1S/C11H8N6/c1-2-4-9-8(3-1)16-6-12-14-10(16)5-11-15-13-7-17(9)11/h1-4,6-7H,5H2. The van der Waals surface area contributed by atoms with E-state index in [1.807, 2.05) is 33.4 Å². The zero-order valence-electron chi connectivity index (χ0n) is 8.85. The summed E-state index contributed by atoms with van der Waals surface area (Å²) in [6.45, 7) is 0. The average molecular weight is 224 g/mol. The molecule has 0 bridgehead atoms. The molecule has 3 heterocycles. The van der Waals surface area contributed by atoms with Crippen LogP contribution >= 0.6 is 0 Å². The number of hydrogen-bond donors (Lipinski definition) is 0. The summed E-state index contributed by atoms with van der Waals surface area (Å²) >= 11 is 0. The quantitative estimate of drug-likeness (QED) is 0.442. The normalized spacial score (nSPS) is 12.5. The Morgan fingerprint density at radius 3 is 1.88 bits per heavy atom. The van der Waals surface area contributed by atoms with E-state index in [1.165, 1.54) is 0 Å². The van der Waals surface area contributed by atoms with E-state index in [1.54, 1.807) is 12.7 Å². The fourth-order valence-electron chi connectivity index (χ4n) is 2.17. The second-order valence-electron chi connectivity index (χ2n) is 3.90. The third kappa shape index (κ3) is 1.09. The number of benzene rings is 1. The van der Waals surface area contributed by atoms with Crippen LogP contribution in [0.3, 0.4) is 0 Å². The van der Waals surface area contributed by atoms with Crippen molar-refractivity contribution in [2.45, 2.75) is 6.42 Å². The van der Waals surface area contributed by atoms with Crippen molar-refractivity contribution >= 4 is 0 Å². The lowest BCUT2D eigenvalue weighted by Crippen LogP contribution is -1.99. The van der Waals surface area contributed by atoms with Crippen molar-refractivity contribution in [3.05, 3.63) is 48.6 Å². The van der Waals surface area contributed by atoms with E-state index in [-0.39, 0.29) is 0 Å². The van der Waals surface area contributed by atoms with Gasteiger partial charge in [-0.1, -0.05) is 12.1 Å². The zero-order chi connectivity index (χ0) is 11.2. The van der Waals surface area contributed by atoms with Crippen molar-refractivity contribution in [1.29, 1.82) is 0 Å². The van der Waals surface area contributed by atoms with Crippen LogP contribution in [0.4, 0.5) is 0 Å². The molecule has 0 spiro atoms. The van der Waals surface area contributed by atoms with Gasteiger partial charge in [-0.05, 0) is 12.1 Å². The highest BCUT2D eigenvalue weighted by Gasteiger charge is 2.20. The first-order chi connectivity index (χ1) is 8.43. The molecule has 0 N–H and O–H groups in total. The molecule has 6 heteroatoms. The summed E-state index contributed by atoms with van der Waals surface area (Å²) < 4.78 is 3.98. The van der Waals surface area contributed by atoms with Crippen LogP contribution in [-0.4, -0.2) is 29.5 Å². The molecule has 0 unspecified atom stereocenters. The summed E-state index contributed by atoms with van der Waals surface area (Å²) in [7, 11) is 0. The highest BCUT2D eigenvalue weighted by molar-refractivity contribution is 5.54. The second-order valence-corrected chi connectivity index (χ2v) is 3.90. The van der Waals surface area contributed by atoms with E-state index in [9.17, 15) is 0 Å². The maximum atomic E-state index is 4.13. The minimum Gasteiger partial charge on any atom is -0.283 e. The molecular weight excluding hydrogens is 216 g/mol. The molecule has 0 saturated heterocycles. The molecule has 0 amide bonds. The predicted molar refractivity (Wildman–Crippen MR) is 59.1 cm³/mol. The van der Waals surface area contributed by atoms with Crippen LogP contribution in [0.1, 0.15) is 11.6 Å². The van der Waals surface area contributed by atoms with Gasteiger partial charge in [0.25, 0.3) is 0 Å². The first kappa shape index (κ1) is 8.63. The van der Waals surface area contributed by atoms with E-state index < -0.39 is 0 Å². The van der Waals surface area contributed by atoms with Gasteiger partial charge in [-0.15, -0.1) is 20.4 Å². The molecule has 17 heavy (non-hydrogen) atoms. The number of aromatic nitrogens is 6. The summed E-state index contributed by atoms with van der Waals surface area (Å²) in [5.74, 6) is 1.76. The fourth-order valence-corrected chi connectivity index (χ4v) is 2.17. The third-order valence-corrected chi connectivity index (χ3v) is 2.95. The zero-order valence-corrected chi connectivity index (χ0v) is 8.85. The Morgan fingerprint density at radius 2 is 1.35 bits per heavy atom. The Balaban J connectivity index is 2.14. The minimum absolute atomic E-state index is 0.634. The van der Waals surface area contributed by atoms with Crippen molar-refractivity contribution in [1.82, 2.24) is 29.5 Å². The van der Waals surface area contributed by atoms with Crippen LogP contribution < -0.4 is 0 Å². The highest BCUT2D eigenvalue weighted by Crippen LogP contribution is 2.25. The Morgan fingerprint density at radius 1 is 0.824 bits per heavy atom. The molecule has 1 aliphatic rings. The predicted octanol–water partition coefficient (Wildman–Crippen LogP) is 0.752. The molecule has 3 aromatic rings. The summed E-state index contributed by atoms with van der Waals surface area (Å²) in [5, 5.41) is 16.2. The minimum atomic E-state index is 0.634. The van der Waals surface area contributed by atoms with Gasteiger partial charge in [-0.25, -0.2) is 0 Å². The largest absolute Gasteiger partial charge is 0.283 e. The van der Waals surface area contributed by atoms with Crippen LogP contribution in [0.25, 0.3) is 11.4 Å². The first-order valence-electron chi connectivity index (χ1n) is 5.31. The van der Waals surface area contributed by atoms with Gasteiger partial charge in [0.1, 0.15) is 24.3 Å². The SMILES string of the molecule is c1ccc2c(c1)-n1cnnc1Cc1nncn1-2. The number of fused-ring (bicyclic) bond motifs is 5. The average Bonchev–Trinajstić information content (AvgIpc) is 2.97. The lowest BCUT2D eigenvalue weighted by Gasteiger charge is -2.08. The molecule has 0 atom stereocenters. The smallest absolute Gasteiger partial charge is 0.145 e. The summed E-state index contributed by atoms with van der Waals surface area (Å²) in [4.78, 5) is 0. The summed E-state index contributed by atoms with van der Waals surface area (Å²) in [6, 6.07) is 8.07. The van der Waals surface area contributed by atoms with Gasteiger partial charge in [-0.2, -0.15) is 0 Å². The Labute approximate surface area is 96.6 Å². The molecule has 0 aliphatic carbocycles. The molecule has 1 aliphatic heterocycles. The van der Waals surface area contributed by atoms with E-state index in [0.717, 1.165) is 23.0 Å². The number of hydrogen-bond acceptors (Lipinski definition) is 4. The van der Waals surface area contributed by atoms with Crippen LogP contribution in [0.15, 0.2) is 36.9 Å². The fraction of sp³-hybridized carbons (Fsp3) is 0.0909. The van der Waals surface area contributed by atoms with Crippen LogP contribution in [0.2, 0.25) is 0 Å². The van der Waals surface area contributed by atoms with Gasteiger partial charge in [0.15, 0.2) is 0 Å². The molecule has 2 aromatic heterocycles. The Kier molecular flexibility index (Phi) is 1.52. The lowest BCUT2D eigenvalue weighted by atomic mass is 10.2. The van der Waals surface area contributed by atoms with E-state index >= 15 is 0 Å².